The Hall–Kier alpha value is -2.34. The molecule has 0 aromatic heterocycles. The maximum absolute atomic E-state index is 12.7. The smallest absolute Gasteiger partial charge is 0.241 e. The van der Waals surface area contributed by atoms with Gasteiger partial charge in [0.25, 0.3) is 0 Å². The van der Waals surface area contributed by atoms with Gasteiger partial charge in [0.2, 0.25) is 15.9 Å². The van der Waals surface area contributed by atoms with Gasteiger partial charge in [-0.2, -0.15) is 0 Å². The summed E-state index contributed by atoms with van der Waals surface area (Å²) in [6, 6.07) is 15.2. The number of nitrogens with one attached hydrogen (secondary N) is 1. The first kappa shape index (κ1) is 23.9. The first-order valence-electron chi connectivity index (χ1n) is 10.3. The van der Waals surface area contributed by atoms with E-state index in [4.69, 9.17) is 0 Å². The minimum absolute atomic E-state index is 0.0603. The predicted octanol–water partition coefficient (Wildman–Crippen LogP) is 4.75. The highest BCUT2D eigenvalue weighted by atomic mass is 32.2. The van der Waals surface area contributed by atoms with Gasteiger partial charge in [0.05, 0.1) is 18.0 Å². The molecular weight excluding hydrogens is 396 g/mol. The van der Waals surface area contributed by atoms with Crippen molar-refractivity contribution in [2.75, 3.05) is 17.1 Å². The van der Waals surface area contributed by atoms with E-state index in [1.807, 2.05) is 45.0 Å². The van der Waals surface area contributed by atoms with Crippen LogP contribution in [0.2, 0.25) is 0 Å². The number of para-hydroxylation sites is 1. The summed E-state index contributed by atoms with van der Waals surface area (Å²) < 4.78 is 26.1. The molecule has 0 spiro atoms. The highest BCUT2D eigenvalue weighted by Crippen LogP contribution is 2.29. The first-order valence-corrected chi connectivity index (χ1v) is 12.1. The van der Waals surface area contributed by atoms with Gasteiger partial charge in [0, 0.05) is 0 Å². The molecule has 164 valence electrons. The highest BCUT2D eigenvalue weighted by molar-refractivity contribution is 7.92. The van der Waals surface area contributed by atoms with Crippen molar-refractivity contribution >= 4 is 21.6 Å². The summed E-state index contributed by atoms with van der Waals surface area (Å²) in [5, 5.41) is 2.93. The minimum Gasteiger partial charge on any atom is -0.348 e. The Balaban J connectivity index is 2.19. The Morgan fingerprint density at radius 1 is 1.00 bits per heavy atom. The molecule has 2 rings (SSSR count). The Bertz CT molecular complexity index is 974. The third-order valence-corrected chi connectivity index (χ3v) is 6.30. The van der Waals surface area contributed by atoms with Crippen molar-refractivity contribution in [2.24, 2.45) is 0 Å². The Morgan fingerprint density at radius 3 is 2.07 bits per heavy atom. The fourth-order valence-electron chi connectivity index (χ4n) is 3.36. The lowest BCUT2D eigenvalue weighted by Gasteiger charge is -2.26. The van der Waals surface area contributed by atoms with Crippen LogP contribution in [0.1, 0.15) is 70.2 Å². The van der Waals surface area contributed by atoms with Crippen molar-refractivity contribution in [1.82, 2.24) is 5.32 Å². The predicted molar refractivity (Wildman–Crippen MR) is 124 cm³/mol. The van der Waals surface area contributed by atoms with Gasteiger partial charge in [-0.3, -0.25) is 9.10 Å². The maximum atomic E-state index is 12.7. The van der Waals surface area contributed by atoms with Gasteiger partial charge in [-0.1, -0.05) is 77.1 Å². The SMILES string of the molecule is CC(C)c1ccccc1N(CC(=O)N[C@H](C)c1ccc(C(C)(C)C)cc1)S(C)(=O)=O. The van der Waals surface area contributed by atoms with Gasteiger partial charge < -0.3 is 5.32 Å². The molecule has 0 unspecified atom stereocenters. The number of rotatable bonds is 7. The van der Waals surface area contributed by atoms with E-state index in [1.165, 1.54) is 9.87 Å². The Morgan fingerprint density at radius 2 is 1.57 bits per heavy atom. The molecule has 0 radical (unpaired) electrons. The van der Waals surface area contributed by atoms with E-state index in [-0.39, 0.29) is 29.8 Å². The van der Waals surface area contributed by atoms with Crippen LogP contribution >= 0.6 is 0 Å². The molecule has 0 aliphatic carbocycles. The molecule has 0 saturated heterocycles. The fourth-order valence-corrected chi connectivity index (χ4v) is 4.23. The third-order valence-electron chi connectivity index (χ3n) is 5.17. The lowest BCUT2D eigenvalue weighted by molar-refractivity contribution is -0.120. The second-order valence-corrected chi connectivity index (χ2v) is 11.1. The lowest BCUT2D eigenvalue weighted by atomic mass is 9.86. The van der Waals surface area contributed by atoms with Crippen LogP contribution in [0.4, 0.5) is 5.69 Å². The maximum Gasteiger partial charge on any atom is 0.241 e. The molecule has 0 fully saturated rings. The van der Waals surface area contributed by atoms with Crippen LogP contribution in [0, 0.1) is 0 Å². The number of carbonyl (C=O) groups is 1. The summed E-state index contributed by atoms with van der Waals surface area (Å²) in [5.74, 6) is -0.208. The monoisotopic (exact) mass is 430 g/mol. The number of hydrogen-bond acceptors (Lipinski definition) is 3. The van der Waals surface area contributed by atoms with Gasteiger partial charge in [0.1, 0.15) is 6.54 Å². The largest absolute Gasteiger partial charge is 0.348 e. The molecule has 5 nitrogen and oxygen atoms in total. The molecule has 0 heterocycles. The Labute approximate surface area is 181 Å². The normalized spacial score (nSPS) is 13.2. The number of amides is 1. The molecule has 30 heavy (non-hydrogen) atoms. The minimum atomic E-state index is -3.62. The highest BCUT2D eigenvalue weighted by Gasteiger charge is 2.24. The third kappa shape index (κ3) is 6.08. The van der Waals surface area contributed by atoms with Gasteiger partial charge >= 0.3 is 0 Å². The van der Waals surface area contributed by atoms with E-state index in [2.05, 4.69) is 38.2 Å². The summed E-state index contributed by atoms with van der Waals surface area (Å²) in [5.41, 5.74) is 3.70. The van der Waals surface area contributed by atoms with E-state index in [9.17, 15) is 13.2 Å². The summed E-state index contributed by atoms with van der Waals surface area (Å²) in [7, 11) is -3.62. The van der Waals surface area contributed by atoms with E-state index >= 15 is 0 Å². The van der Waals surface area contributed by atoms with Gasteiger partial charge in [-0.15, -0.1) is 0 Å². The van der Waals surface area contributed by atoms with Crippen LogP contribution in [0.15, 0.2) is 48.5 Å². The zero-order chi connectivity index (χ0) is 22.7. The number of carbonyl (C=O) groups excluding carboxylic acids is 1. The fraction of sp³-hybridized carbons (Fsp3) is 0.458. The van der Waals surface area contributed by atoms with E-state index in [1.54, 1.807) is 12.1 Å². The van der Waals surface area contributed by atoms with Crippen LogP contribution in [-0.2, 0) is 20.2 Å². The lowest BCUT2D eigenvalue weighted by Crippen LogP contribution is -2.41. The first-order chi connectivity index (χ1) is 13.8. The van der Waals surface area contributed by atoms with Crippen molar-refractivity contribution in [3.05, 3.63) is 65.2 Å². The average molecular weight is 431 g/mol. The van der Waals surface area contributed by atoms with Crippen LogP contribution in [-0.4, -0.2) is 27.1 Å². The summed E-state index contributed by atoms with van der Waals surface area (Å²) in [6.45, 7) is 12.1. The zero-order valence-electron chi connectivity index (χ0n) is 19.1. The van der Waals surface area contributed by atoms with Gasteiger partial charge in [0.15, 0.2) is 0 Å². The number of benzene rings is 2. The number of anilines is 1. The van der Waals surface area contributed by atoms with E-state index < -0.39 is 10.0 Å². The van der Waals surface area contributed by atoms with Gasteiger partial charge in [-0.25, -0.2) is 8.42 Å². The van der Waals surface area contributed by atoms with Crippen molar-refractivity contribution in [1.29, 1.82) is 0 Å². The molecular formula is C24H34N2O3S. The molecule has 0 saturated carbocycles. The number of sulfonamides is 1. The summed E-state index contributed by atoms with van der Waals surface area (Å²) in [4.78, 5) is 12.7. The summed E-state index contributed by atoms with van der Waals surface area (Å²) >= 11 is 0. The van der Waals surface area contributed by atoms with Crippen molar-refractivity contribution < 1.29 is 13.2 Å². The van der Waals surface area contributed by atoms with Crippen molar-refractivity contribution in [3.63, 3.8) is 0 Å². The topological polar surface area (TPSA) is 66.5 Å². The van der Waals surface area contributed by atoms with E-state index in [0.29, 0.717) is 5.69 Å². The van der Waals surface area contributed by atoms with E-state index in [0.717, 1.165) is 17.4 Å². The molecule has 2 aromatic carbocycles. The zero-order valence-corrected chi connectivity index (χ0v) is 19.9. The van der Waals surface area contributed by atoms with Crippen LogP contribution in [0.3, 0.4) is 0 Å². The molecule has 2 aromatic rings. The number of nitrogens with zero attached hydrogens (tertiary/aromatic N) is 1. The molecule has 6 heteroatoms. The van der Waals surface area contributed by atoms with Crippen molar-refractivity contribution in [2.45, 2.75) is 58.9 Å². The average Bonchev–Trinajstić information content (AvgIpc) is 2.64. The molecule has 0 aliphatic heterocycles. The second kappa shape index (κ2) is 9.21. The molecule has 0 aliphatic rings. The number of hydrogen-bond donors (Lipinski definition) is 1. The van der Waals surface area contributed by atoms with Crippen molar-refractivity contribution in [3.8, 4) is 0 Å². The second-order valence-electron chi connectivity index (χ2n) is 9.14. The summed E-state index contributed by atoms with van der Waals surface area (Å²) in [6.07, 6.45) is 1.13. The van der Waals surface area contributed by atoms with Crippen LogP contribution in [0.25, 0.3) is 0 Å². The Kier molecular flexibility index (Phi) is 7.35. The quantitative estimate of drug-likeness (QED) is 0.689. The van der Waals surface area contributed by atoms with Gasteiger partial charge in [-0.05, 0) is 41.0 Å². The standard InChI is InChI=1S/C24H34N2O3S/c1-17(2)21-10-8-9-11-22(21)26(30(7,28)29)16-23(27)25-18(3)19-12-14-20(15-13-19)24(4,5)6/h8-15,17-18H,16H2,1-7H3,(H,25,27)/t18-/m1/s1. The molecule has 1 atom stereocenters. The van der Waals surface area contributed by atoms with Crippen LogP contribution in [0.5, 0.6) is 0 Å². The molecule has 1 amide bonds. The molecule has 1 N–H and O–H groups in total. The molecule has 0 bridgehead atoms. The van der Waals surface area contributed by atoms with Crippen LogP contribution < -0.4 is 9.62 Å².